The fraction of sp³-hybridized carbons (Fsp3) is 0.286. The van der Waals surface area contributed by atoms with Crippen molar-refractivity contribution in [3.63, 3.8) is 0 Å². The molecule has 2 heterocycles. The van der Waals surface area contributed by atoms with E-state index in [1.807, 2.05) is 0 Å². The first kappa shape index (κ1) is 7.93. The van der Waals surface area contributed by atoms with Crippen molar-refractivity contribution in [1.82, 2.24) is 25.1 Å². The van der Waals surface area contributed by atoms with Crippen LogP contribution in [0.25, 0.3) is 11.0 Å². The summed E-state index contributed by atoms with van der Waals surface area (Å²) in [5.74, 6) is 0. The summed E-state index contributed by atoms with van der Waals surface area (Å²) in [6.45, 7) is 0.542. The molecule has 0 aliphatic rings. The minimum Gasteiger partial charge on any atom is -0.312 e. The summed E-state index contributed by atoms with van der Waals surface area (Å²) in [6, 6.07) is 0. The van der Waals surface area contributed by atoms with Crippen molar-refractivity contribution in [2.24, 2.45) is 0 Å². The van der Waals surface area contributed by atoms with Gasteiger partial charge in [0.25, 0.3) is 5.56 Å². The number of nitrogens with one attached hydrogen (secondary N) is 2. The molecular weight excluding hydrogens is 170 g/mol. The van der Waals surface area contributed by atoms with Crippen LogP contribution in [0.1, 0.15) is 0 Å². The molecule has 68 valence electrons. The molecule has 0 amide bonds. The van der Waals surface area contributed by atoms with Gasteiger partial charge in [-0.3, -0.25) is 4.79 Å². The van der Waals surface area contributed by atoms with Crippen molar-refractivity contribution in [2.45, 2.75) is 6.67 Å². The van der Waals surface area contributed by atoms with Gasteiger partial charge in [-0.25, -0.2) is 9.67 Å². The molecule has 0 radical (unpaired) electrons. The van der Waals surface area contributed by atoms with Crippen LogP contribution in [0.4, 0.5) is 0 Å². The van der Waals surface area contributed by atoms with Crippen molar-refractivity contribution >= 4 is 11.0 Å². The van der Waals surface area contributed by atoms with E-state index in [0.717, 1.165) is 0 Å². The Bertz CT molecular complexity index is 471. The Morgan fingerprint density at radius 3 is 3.31 bits per heavy atom. The number of hydrogen-bond acceptors (Lipinski definition) is 4. The molecule has 0 fully saturated rings. The van der Waals surface area contributed by atoms with Crippen LogP contribution in [0.15, 0.2) is 17.3 Å². The lowest BCUT2D eigenvalue weighted by atomic mass is 10.4. The maximum Gasteiger partial charge on any atom is 0.261 e. The van der Waals surface area contributed by atoms with E-state index in [2.05, 4.69) is 20.4 Å². The van der Waals surface area contributed by atoms with Gasteiger partial charge < -0.3 is 10.3 Å². The zero-order valence-corrected chi connectivity index (χ0v) is 7.11. The highest BCUT2D eigenvalue weighted by Gasteiger charge is 2.04. The number of aromatic amines is 1. The van der Waals surface area contributed by atoms with Crippen LogP contribution in [0, 0.1) is 0 Å². The van der Waals surface area contributed by atoms with Gasteiger partial charge in [-0.15, -0.1) is 0 Å². The lowest BCUT2D eigenvalue weighted by molar-refractivity contribution is 0.568. The Labute approximate surface area is 73.6 Å². The van der Waals surface area contributed by atoms with E-state index in [9.17, 15) is 4.79 Å². The molecule has 0 spiro atoms. The molecule has 0 saturated carbocycles. The summed E-state index contributed by atoms with van der Waals surface area (Å²) in [7, 11) is 1.81. The predicted molar refractivity (Wildman–Crippen MR) is 47.2 cm³/mol. The molecule has 2 rings (SSSR count). The van der Waals surface area contributed by atoms with Gasteiger partial charge in [0.05, 0.1) is 19.2 Å². The van der Waals surface area contributed by atoms with E-state index in [4.69, 9.17) is 0 Å². The number of aromatic nitrogens is 4. The van der Waals surface area contributed by atoms with Crippen LogP contribution in [0.5, 0.6) is 0 Å². The molecule has 2 aromatic heterocycles. The maximum absolute atomic E-state index is 11.2. The quantitative estimate of drug-likeness (QED) is 0.639. The highest BCUT2D eigenvalue weighted by molar-refractivity contribution is 5.72. The fourth-order valence-corrected chi connectivity index (χ4v) is 1.17. The molecule has 6 nitrogen and oxygen atoms in total. The summed E-state index contributed by atoms with van der Waals surface area (Å²) in [4.78, 5) is 17.7. The molecule has 13 heavy (non-hydrogen) atoms. The first-order valence-corrected chi connectivity index (χ1v) is 3.86. The Hall–Kier alpha value is -1.69. The molecule has 6 heteroatoms. The van der Waals surface area contributed by atoms with Gasteiger partial charge in [0, 0.05) is 0 Å². The van der Waals surface area contributed by atoms with Gasteiger partial charge in [-0.1, -0.05) is 0 Å². The van der Waals surface area contributed by atoms with Crippen LogP contribution in [-0.2, 0) is 6.67 Å². The molecule has 2 N–H and O–H groups in total. The van der Waals surface area contributed by atoms with E-state index < -0.39 is 0 Å². The third-order valence-electron chi connectivity index (χ3n) is 1.75. The van der Waals surface area contributed by atoms with Crippen LogP contribution < -0.4 is 10.9 Å². The molecule has 0 aliphatic heterocycles. The smallest absolute Gasteiger partial charge is 0.261 e. The Kier molecular flexibility index (Phi) is 1.82. The molecule has 0 atom stereocenters. The SMILES string of the molecule is CNCn1ncc2c(=O)[nH]cnc21. The third kappa shape index (κ3) is 1.20. The molecule has 0 unspecified atom stereocenters. The summed E-state index contributed by atoms with van der Waals surface area (Å²) >= 11 is 0. The summed E-state index contributed by atoms with van der Waals surface area (Å²) < 4.78 is 1.63. The number of H-pyrrole nitrogens is 1. The molecule has 0 aliphatic carbocycles. The number of nitrogens with zero attached hydrogens (tertiary/aromatic N) is 3. The van der Waals surface area contributed by atoms with Crippen LogP contribution in [-0.4, -0.2) is 26.8 Å². The van der Waals surface area contributed by atoms with Crippen LogP contribution in [0.2, 0.25) is 0 Å². The zero-order chi connectivity index (χ0) is 9.26. The summed E-state index contributed by atoms with van der Waals surface area (Å²) in [5, 5.41) is 7.46. The zero-order valence-electron chi connectivity index (χ0n) is 7.11. The minimum absolute atomic E-state index is 0.160. The first-order chi connectivity index (χ1) is 6.33. The van der Waals surface area contributed by atoms with E-state index in [-0.39, 0.29) is 5.56 Å². The Morgan fingerprint density at radius 1 is 1.69 bits per heavy atom. The Morgan fingerprint density at radius 2 is 2.54 bits per heavy atom. The normalized spacial score (nSPS) is 10.8. The molecule has 0 saturated heterocycles. The third-order valence-corrected chi connectivity index (χ3v) is 1.75. The predicted octanol–water partition coefficient (Wildman–Crippen LogP) is -0.703. The van der Waals surface area contributed by atoms with Crippen molar-refractivity contribution in [3.05, 3.63) is 22.9 Å². The topological polar surface area (TPSA) is 75.6 Å². The first-order valence-electron chi connectivity index (χ1n) is 3.86. The van der Waals surface area contributed by atoms with Gasteiger partial charge in [0.15, 0.2) is 5.65 Å². The molecule has 2 aromatic rings. The minimum atomic E-state index is -0.160. The second kappa shape index (κ2) is 2.98. The Balaban J connectivity index is 2.68. The van der Waals surface area contributed by atoms with Gasteiger partial charge in [-0.2, -0.15) is 5.10 Å². The lowest BCUT2D eigenvalue weighted by Gasteiger charge is -1.98. The van der Waals surface area contributed by atoms with Crippen molar-refractivity contribution in [2.75, 3.05) is 7.05 Å². The largest absolute Gasteiger partial charge is 0.312 e. The monoisotopic (exact) mass is 179 g/mol. The highest BCUT2D eigenvalue weighted by atomic mass is 16.1. The average Bonchev–Trinajstić information content (AvgIpc) is 2.51. The molecule has 0 aromatic carbocycles. The van der Waals surface area contributed by atoms with E-state index >= 15 is 0 Å². The fourth-order valence-electron chi connectivity index (χ4n) is 1.17. The second-order valence-electron chi connectivity index (χ2n) is 2.62. The average molecular weight is 179 g/mol. The lowest BCUT2D eigenvalue weighted by Crippen LogP contribution is -2.15. The van der Waals surface area contributed by atoms with Crippen molar-refractivity contribution in [3.8, 4) is 0 Å². The van der Waals surface area contributed by atoms with Crippen LogP contribution in [0.3, 0.4) is 0 Å². The molecule has 0 bridgehead atoms. The van der Waals surface area contributed by atoms with Crippen molar-refractivity contribution in [1.29, 1.82) is 0 Å². The second-order valence-corrected chi connectivity index (χ2v) is 2.62. The number of hydrogen-bond donors (Lipinski definition) is 2. The van der Waals surface area contributed by atoms with E-state index in [1.54, 1.807) is 11.7 Å². The van der Waals surface area contributed by atoms with E-state index in [1.165, 1.54) is 12.5 Å². The van der Waals surface area contributed by atoms with Gasteiger partial charge in [-0.05, 0) is 7.05 Å². The van der Waals surface area contributed by atoms with Gasteiger partial charge in [0.1, 0.15) is 5.39 Å². The number of rotatable bonds is 2. The van der Waals surface area contributed by atoms with Gasteiger partial charge >= 0.3 is 0 Å². The summed E-state index contributed by atoms with van der Waals surface area (Å²) in [5.41, 5.74) is 0.436. The maximum atomic E-state index is 11.2. The van der Waals surface area contributed by atoms with Crippen molar-refractivity contribution < 1.29 is 0 Å². The van der Waals surface area contributed by atoms with Gasteiger partial charge in [0.2, 0.25) is 0 Å². The molecular formula is C7H9N5O. The highest BCUT2D eigenvalue weighted by Crippen LogP contribution is 2.02. The summed E-state index contributed by atoms with van der Waals surface area (Å²) in [6.07, 6.45) is 2.89. The van der Waals surface area contributed by atoms with E-state index in [0.29, 0.717) is 17.7 Å². The van der Waals surface area contributed by atoms with Crippen LogP contribution >= 0.6 is 0 Å². The standard InChI is InChI=1S/C7H9N5O/c1-8-4-12-6-5(2-11-12)7(13)10-3-9-6/h2-3,8H,4H2,1H3,(H,9,10,13). The number of fused-ring (bicyclic) bond motifs is 1.